The summed E-state index contributed by atoms with van der Waals surface area (Å²) in [4.78, 5) is 6.24. The standard InChI is InChI=1S/C12H20N2O2/c1-5-16-11-8-6-7-10(13-11)14(4)9-12(2,3)15/h6-8,15H,5,9H2,1-4H3. The molecule has 0 aliphatic carbocycles. The number of hydrogen-bond acceptors (Lipinski definition) is 4. The van der Waals surface area contributed by atoms with Crippen molar-refractivity contribution in [3.8, 4) is 5.88 Å². The molecule has 1 aromatic rings. The lowest BCUT2D eigenvalue weighted by atomic mass is 10.1. The molecule has 90 valence electrons. The second-order valence-electron chi connectivity index (χ2n) is 4.44. The quantitative estimate of drug-likeness (QED) is 0.826. The Morgan fingerprint density at radius 2 is 2.12 bits per heavy atom. The Bertz CT molecular complexity index is 334. The van der Waals surface area contributed by atoms with Crippen LogP contribution >= 0.6 is 0 Å². The van der Waals surface area contributed by atoms with Crippen molar-refractivity contribution >= 4 is 5.82 Å². The minimum absolute atomic E-state index is 0.523. The lowest BCUT2D eigenvalue weighted by molar-refractivity contribution is 0.0884. The number of pyridine rings is 1. The second kappa shape index (κ2) is 5.16. The first-order chi connectivity index (χ1) is 7.42. The van der Waals surface area contributed by atoms with Crippen LogP contribution in [0.15, 0.2) is 18.2 Å². The Morgan fingerprint density at radius 1 is 1.44 bits per heavy atom. The fraction of sp³-hybridized carbons (Fsp3) is 0.583. The average Bonchev–Trinajstić information content (AvgIpc) is 2.16. The third-order valence-corrected chi connectivity index (χ3v) is 2.02. The molecule has 1 aromatic heterocycles. The molecule has 1 heterocycles. The maximum absolute atomic E-state index is 9.72. The molecule has 4 heteroatoms. The van der Waals surface area contributed by atoms with Gasteiger partial charge in [-0.15, -0.1) is 0 Å². The largest absolute Gasteiger partial charge is 0.478 e. The van der Waals surface area contributed by atoms with Gasteiger partial charge in [0.15, 0.2) is 0 Å². The minimum Gasteiger partial charge on any atom is -0.478 e. The zero-order valence-corrected chi connectivity index (χ0v) is 10.4. The summed E-state index contributed by atoms with van der Waals surface area (Å²) in [6.45, 7) is 6.60. The minimum atomic E-state index is -0.738. The van der Waals surface area contributed by atoms with Crippen LogP contribution in [0, 0.1) is 0 Å². The highest BCUT2D eigenvalue weighted by Gasteiger charge is 2.16. The number of rotatable bonds is 5. The van der Waals surface area contributed by atoms with Gasteiger partial charge in [0.25, 0.3) is 0 Å². The normalized spacial score (nSPS) is 11.3. The molecule has 0 atom stereocenters. The van der Waals surface area contributed by atoms with Crippen LogP contribution in [0.25, 0.3) is 0 Å². The topological polar surface area (TPSA) is 45.6 Å². The van der Waals surface area contributed by atoms with Crippen LogP contribution in [0.1, 0.15) is 20.8 Å². The van der Waals surface area contributed by atoms with Crippen molar-refractivity contribution in [2.24, 2.45) is 0 Å². The van der Waals surface area contributed by atoms with E-state index in [9.17, 15) is 5.11 Å². The zero-order valence-electron chi connectivity index (χ0n) is 10.4. The van der Waals surface area contributed by atoms with E-state index in [0.29, 0.717) is 19.0 Å². The summed E-state index contributed by atoms with van der Waals surface area (Å²) in [5, 5.41) is 9.72. The van der Waals surface area contributed by atoms with Gasteiger partial charge in [0, 0.05) is 19.7 Å². The molecule has 0 aromatic carbocycles. The van der Waals surface area contributed by atoms with Gasteiger partial charge in [0.2, 0.25) is 5.88 Å². The number of ether oxygens (including phenoxy) is 1. The Balaban J connectivity index is 2.75. The van der Waals surface area contributed by atoms with E-state index < -0.39 is 5.60 Å². The number of aromatic nitrogens is 1. The summed E-state index contributed by atoms with van der Waals surface area (Å²) in [5.41, 5.74) is -0.738. The highest BCUT2D eigenvalue weighted by atomic mass is 16.5. The third kappa shape index (κ3) is 4.06. The maximum Gasteiger partial charge on any atom is 0.215 e. The summed E-state index contributed by atoms with van der Waals surface area (Å²) in [7, 11) is 1.90. The molecular weight excluding hydrogens is 204 g/mol. The summed E-state index contributed by atoms with van der Waals surface area (Å²) in [5.74, 6) is 1.41. The molecule has 4 nitrogen and oxygen atoms in total. The van der Waals surface area contributed by atoms with Crippen molar-refractivity contribution < 1.29 is 9.84 Å². The molecular formula is C12H20N2O2. The van der Waals surface area contributed by atoms with Crippen LogP contribution < -0.4 is 9.64 Å². The van der Waals surface area contributed by atoms with E-state index in [0.717, 1.165) is 5.82 Å². The molecule has 0 unspecified atom stereocenters. The summed E-state index contributed by atoms with van der Waals surface area (Å²) >= 11 is 0. The monoisotopic (exact) mass is 224 g/mol. The van der Waals surface area contributed by atoms with Crippen molar-refractivity contribution in [2.45, 2.75) is 26.4 Å². The van der Waals surface area contributed by atoms with Crippen LogP contribution in [0.4, 0.5) is 5.82 Å². The molecule has 0 saturated carbocycles. The number of aliphatic hydroxyl groups is 1. The van der Waals surface area contributed by atoms with E-state index >= 15 is 0 Å². The molecule has 1 N–H and O–H groups in total. The molecule has 0 aliphatic rings. The Kier molecular flexibility index (Phi) is 4.12. The van der Waals surface area contributed by atoms with Crippen LogP contribution in [0.3, 0.4) is 0 Å². The number of nitrogens with zero attached hydrogens (tertiary/aromatic N) is 2. The van der Waals surface area contributed by atoms with Crippen LogP contribution in [-0.4, -0.2) is 35.9 Å². The highest BCUT2D eigenvalue weighted by molar-refractivity contribution is 5.40. The third-order valence-electron chi connectivity index (χ3n) is 2.02. The lowest BCUT2D eigenvalue weighted by Gasteiger charge is -2.26. The Hall–Kier alpha value is -1.29. The van der Waals surface area contributed by atoms with Gasteiger partial charge in [0.05, 0.1) is 12.2 Å². The van der Waals surface area contributed by atoms with E-state index in [1.165, 1.54) is 0 Å². The molecule has 0 amide bonds. The van der Waals surface area contributed by atoms with Gasteiger partial charge >= 0.3 is 0 Å². The molecule has 1 rings (SSSR count). The zero-order chi connectivity index (χ0) is 12.2. The van der Waals surface area contributed by atoms with Gasteiger partial charge in [-0.2, -0.15) is 4.98 Å². The molecule has 0 saturated heterocycles. The SMILES string of the molecule is CCOc1cccc(N(C)CC(C)(C)O)n1. The fourth-order valence-electron chi connectivity index (χ4n) is 1.51. The van der Waals surface area contributed by atoms with Gasteiger partial charge < -0.3 is 14.7 Å². The Morgan fingerprint density at radius 3 is 2.69 bits per heavy atom. The van der Waals surface area contributed by atoms with Gasteiger partial charge in [-0.1, -0.05) is 6.07 Å². The van der Waals surface area contributed by atoms with E-state index in [-0.39, 0.29) is 0 Å². The first kappa shape index (κ1) is 12.8. The number of likely N-dealkylation sites (N-methyl/N-ethyl adjacent to an activating group) is 1. The van der Waals surface area contributed by atoms with Crippen LogP contribution in [0.5, 0.6) is 5.88 Å². The second-order valence-corrected chi connectivity index (χ2v) is 4.44. The summed E-state index contributed by atoms with van der Waals surface area (Å²) in [6.07, 6.45) is 0. The summed E-state index contributed by atoms with van der Waals surface area (Å²) in [6, 6.07) is 5.62. The molecule has 0 bridgehead atoms. The van der Waals surface area contributed by atoms with Crippen molar-refractivity contribution in [3.05, 3.63) is 18.2 Å². The lowest BCUT2D eigenvalue weighted by Crippen LogP contribution is -2.36. The van der Waals surface area contributed by atoms with E-state index in [2.05, 4.69) is 4.98 Å². The van der Waals surface area contributed by atoms with Gasteiger partial charge in [-0.05, 0) is 26.8 Å². The van der Waals surface area contributed by atoms with Crippen LogP contribution in [-0.2, 0) is 0 Å². The predicted molar refractivity (Wildman–Crippen MR) is 65.0 cm³/mol. The van der Waals surface area contributed by atoms with Crippen LogP contribution in [0.2, 0.25) is 0 Å². The van der Waals surface area contributed by atoms with E-state index in [4.69, 9.17) is 4.74 Å². The van der Waals surface area contributed by atoms with Crippen molar-refractivity contribution in [1.82, 2.24) is 4.98 Å². The molecule has 0 radical (unpaired) electrons. The average molecular weight is 224 g/mol. The fourth-order valence-corrected chi connectivity index (χ4v) is 1.51. The molecule has 0 aliphatic heterocycles. The molecule has 16 heavy (non-hydrogen) atoms. The van der Waals surface area contributed by atoms with Crippen molar-refractivity contribution in [3.63, 3.8) is 0 Å². The Labute approximate surface area is 96.9 Å². The highest BCUT2D eigenvalue weighted by Crippen LogP contribution is 2.16. The maximum atomic E-state index is 9.72. The molecule has 0 spiro atoms. The number of anilines is 1. The van der Waals surface area contributed by atoms with Gasteiger partial charge in [0.1, 0.15) is 5.82 Å². The van der Waals surface area contributed by atoms with E-state index in [1.807, 2.05) is 37.1 Å². The van der Waals surface area contributed by atoms with Crippen molar-refractivity contribution in [1.29, 1.82) is 0 Å². The summed E-state index contributed by atoms with van der Waals surface area (Å²) < 4.78 is 5.33. The predicted octanol–water partition coefficient (Wildman–Crippen LogP) is 1.69. The van der Waals surface area contributed by atoms with E-state index in [1.54, 1.807) is 13.8 Å². The van der Waals surface area contributed by atoms with Gasteiger partial charge in [-0.25, -0.2) is 0 Å². The molecule has 0 fully saturated rings. The first-order valence-corrected chi connectivity index (χ1v) is 5.46. The van der Waals surface area contributed by atoms with Gasteiger partial charge in [-0.3, -0.25) is 0 Å². The van der Waals surface area contributed by atoms with Crippen molar-refractivity contribution in [2.75, 3.05) is 25.1 Å². The first-order valence-electron chi connectivity index (χ1n) is 5.46. The smallest absolute Gasteiger partial charge is 0.215 e. The number of hydrogen-bond donors (Lipinski definition) is 1.